The number of carbonyl (C=O) groups excluding carboxylic acids is 1. The molecule has 1 saturated heterocycles. The Morgan fingerprint density at radius 3 is 2.86 bits per heavy atom. The van der Waals surface area contributed by atoms with E-state index in [1.54, 1.807) is 7.11 Å². The standard InChI is InChI=1S/C17H20N2O3/c1-21-15-5-4-12-8-14(3-2-13(12)9-15)16-10-19(6-7-22-16)11-17(18)20/h2-5,8-9,16H,6-7,10-11H2,1H3,(H2,18,20)/t16-/m1/s1. The second-order valence-corrected chi connectivity index (χ2v) is 5.53. The van der Waals surface area contributed by atoms with Crippen LogP contribution in [0.1, 0.15) is 11.7 Å². The molecule has 0 bridgehead atoms. The van der Waals surface area contributed by atoms with Gasteiger partial charge in [0.15, 0.2) is 0 Å². The van der Waals surface area contributed by atoms with Crippen LogP contribution in [0, 0.1) is 0 Å². The average Bonchev–Trinajstić information content (AvgIpc) is 2.53. The van der Waals surface area contributed by atoms with Crippen LogP contribution in [0.25, 0.3) is 10.8 Å². The molecule has 1 amide bonds. The van der Waals surface area contributed by atoms with Crippen LogP contribution in [0.2, 0.25) is 0 Å². The molecule has 0 radical (unpaired) electrons. The summed E-state index contributed by atoms with van der Waals surface area (Å²) in [6.07, 6.45) is -0.0281. The minimum absolute atomic E-state index is 0.0281. The van der Waals surface area contributed by atoms with Crippen molar-refractivity contribution in [1.29, 1.82) is 0 Å². The summed E-state index contributed by atoms with van der Waals surface area (Å²) in [5, 5.41) is 2.28. The fourth-order valence-corrected chi connectivity index (χ4v) is 2.84. The Bertz CT molecular complexity index is 687. The summed E-state index contributed by atoms with van der Waals surface area (Å²) in [6, 6.07) is 12.3. The molecular formula is C17H20N2O3. The Morgan fingerprint density at radius 2 is 2.09 bits per heavy atom. The summed E-state index contributed by atoms with van der Waals surface area (Å²) < 4.78 is 11.1. The number of primary amides is 1. The lowest BCUT2D eigenvalue weighted by molar-refractivity contribution is -0.121. The van der Waals surface area contributed by atoms with Gasteiger partial charge in [0.25, 0.3) is 0 Å². The maximum Gasteiger partial charge on any atom is 0.231 e. The first kappa shape index (κ1) is 14.8. The first-order valence-electron chi connectivity index (χ1n) is 7.35. The van der Waals surface area contributed by atoms with E-state index in [4.69, 9.17) is 15.2 Å². The number of nitrogens with zero attached hydrogens (tertiary/aromatic N) is 1. The number of carbonyl (C=O) groups is 1. The lowest BCUT2D eigenvalue weighted by Crippen LogP contribution is -2.42. The predicted octanol–water partition coefficient (Wildman–Crippen LogP) is 1.71. The highest BCUT2D eigenvalue weighted by atomic mass is 16.5. The third kappa shape index (κ3) is 3.21. The van der Waals surface area contributed by atoms with Crippen molar-refractivity contribution in [3.63, 3.8) is 0 Å². The van der Waals surface area contributed by atoms with E-state index in [1.807, 2.05) is 23.1 Å². The summed E-state index contributed by atoms with van der Waals surface area (Å²) in [5.74, 6) is 0.549. The van der Waals surface area contributed by atoms with Crippen molar-refractivity contribution < 1.29 is 14.3 Å². The highest BCUT2D eigenvalue weighted by Gasteiger charge is 2.23. The van der Waals surface area contributed by atoms with Gasteiger partial charge in [-0.25, -0.2) is 0 Å². The molecule has 2 aromatic carbocycles. The summed E-state index contributed by atoms with van der Waals surface area (Å²) in [6.45, 7) is 2.32. The minimum atomic E-state index is -0.300. The van der Waals surface area contributed by atoms with Gasteiger partial charge >= 0.3 is 0 Å². The molecule has 2 N–H and O–H groups in total. The van der Waals surface area contributed by atoms with Gasteiger partial charge in [-0.3, -0.25) is 9.69 Å². The molecule has 5 nitrogen and oxygen atoms in total. The first-order valence-corrected chi connectivity index (χ1v) is 7.35. The SMILES string of the molecule is COc1ccc2cc([C@H]3CN(CC(N)=O)CCO3)ccc2c1. The van der Waals surface area contributed by atoms with E-state index < -0.39 is 0 Å². The van der Waals surface area contributed by atoms with E-state index >= 15 is 0 Å². The third-order valence-corrected chi connectivity index (χ3v) is 3.97. The minimum Gasteiger partial charge on any atom is -0.497 e. The zero-order valence-electron chi connectivity index (χ0n) is 12.6. The van der Waals surface area contributed by atoms with E-state index in [-0.39, 0.29) is 18.6 Å². The molecule has 3 rings (SSSR count). The number of methoxy groups -OCH3 is 1. The van der Waals surface area contributed by atoms with Crippen molar-refractivity contribution in [3.8, 4) is 5.75 Å². The van der Waals surface area contributed by atoms with Crippen LogP contribution in [-0.4, -0.2) is 44.2 Å². The normalized spacial score (nSPS) is 19.2. The van der Waals surface area contributed by atoms with E-state index in [1.165, 1.54) is 0 Å². The van der Waals surface area contributed by atoms with Gasteiger partial charge in [-0.2, -0.15) is 0 Å². The van der Waals surface area contributed by atoms with Crippen molar-refractivity contribution in [2.75, 3.05) is 33.4 Å². The zero-order chi connectivity index (χ0) is 15.5. The number of morpholine rings is 1. The Labute approximate surface area is 129 Å². The molecule has 0 spiro atoms. The number of nitrogens with two attached hydrogens (primary N) is 1. The highest BCUT2D eigenvalue weighted by Crippen LogP contribution is 2.27. The molecule has 5 heteroatoms. The second-order valence-electron chi connectivity index (χ2n) is 5.53. The first-order chi connectivity index (χ1) is 10.7. The Hall–Kier alpha value is -2.11. The number of hydrogen-bond donors (Lipinski definition) is 1. The molecule has 2 aromatic rings. The van der Waals surface area contributed by atoms with Crippen LogP contribution in [0.3, 0.4) is 0 Å². The zero-order valence-corrected chi connectivity index (χ0v) is 12.6. The molecule has 0 saturated carbocycles. The summed E-state index contributed by atoms with van der Waals surface area (Å²) in [7, 11) is 1.67. The number of hydrogen-bond acceptors (Lipinski definition) is 4. The van der Waals surface area contributed by atoms with E-state index in [0.29, 0.717) is 13.2 Å². The van der Waals surface area contributed by atoms with Gasteiger partial charge in [-0.15, -0.1) is 0 Å². The van der Waals surface area contributed by atoms with Crippen molar-refractivity contribution in [2.24, 2.45) is 5.73 Å². The van der Waals surface area contributed by atoms with E-state index in [9.17, 15) is 4.79 Å². The molecule has 0 aliphatic carbocycles. The number of amides is 1. The number of benzene rings is 2. The summed E-state index contributed by atoms with van der Waals surface area (Å²) >= 11 is 0. The monoisotopic (exact) mass is 300 g/mol. The molecular weight excluding hydrogens is 280 g/mol. The molecule has 22 heavy (non-hydrogen) atoms. The predicted molar refractivity (Wildman–Crippen MR) is 84.8 cm³/mol. The number of ether oxygens (including phenoxy) is 2. The average molecular weight is 300 g/mol. The smallest absolute Gasteiger partial charge is 0.231 e. The Kier molecular flexibility index (Phi) is 4.27. The van der Waals surface area contributed by atoms with Gasteiger partial charge in [0.2, 0.25) is 5.91 Å². The van der Waals surface area contributed by atoms with E-state index in [0.717, 1.165) is 28.6 Å². The summed E-state index contributed by atoms with van der Waals surface area (Å²) in [4.78, 5) is 13.1. The van der Waals surface area contributed by atoms with Gasteiger partial charge in [-0.05, 0) is 34.5 Å². The van der Waals surface area contributed by atoms with Crippen LogP contribution in [0.4, 0.5) is 0 Å². The van der Waals surface area contributed by atoms with Gasteiger partial charge < -0.3 is 15.2 Å². The summed E-state index contributed by atoms with van der Waals surface area (Å²) in [5.41, 5.74) is 6.39. The van der Waals surface area contributed by atoms with Crippen LogP contribution < -0.4 is 10.5 Å². The van der Waals surface area contributed by atoms with Crippen LogP contribution >= 0.6 is 0 Å². The second kappa shape index (κ2) is 6.34. The fraction of sp³-hybridized carbons (Fsp3) is 0.353. The lowest BCUT2D eigenvalue weighted by Gasteiger charge is -2.32. The van der Waals surface area contributed by atoms with Crippen LogP contribution in [0.15, 0.2) is 36.4 Å². The maximum absolute atomic E-state index is 11.1. The van der Waals surface area contributed by atoms with Crippen molar-refractivity contribution in [1.82, 2.24) is 4.90 Å². The maximum atomic E-state index is 11.1. The Balaban J connectivity index is 1.81. The van der Waals surface area contributed by atoms with Crippen molar-refractivity contribution in [3.05, 3.63) is 42.0 Å². The number of rotatable bonds is 4. The molecule has 0 aromatic heterocycles. The molecule has 1 heterocycles. The molecule has 0 unspecified atom stereocenters. The Morgan fingerprint density at radius 1 is 1.32 bits per heavy atom. The quantitative estimate of drug-likeness (QED) is 0.933. The van der Waals surface area contributed by atoms with Crippen molar-refractivity contribution >= 4 is 16.7 Å². The molecule has 1 aliphatic heterocycles. The lowest BCUT2D eigenvalue weighted by atomic mass is 10.0. The highest BCUT2D eigenvalue weighted by molar-refractivity contribution is 5.84. The molecule has 1 fully saturated rings. The van der Waals surface area contributed by atoms with Gasteiger partial charge in [0.1, 0.15) is 5.75 Å². The molecule has 116 valence electrons. The van der Waals surface area contributed by atoms with E-state index in [2.05, 4.69) is 18.2 Å². The molecule has 1 aliphatic rings. The fourth-order valence-electron chi connectivity index (χ4n) is 2.84. The third-order valence-electron chi connectivity index (χ3n) is 3.97. The topological polar surface area (TPSA) is 64.8 Å². The largest absolute Gasteiger partial charge is 0.497 e. The van der Waals surface area contributed by atoms with Crippen LogP contribution in [0.5, 0.6) is 5.75 Å². The van der Waals surface area contributed by atoms with Gasteiger partial charge in [0, 0.05) is 13.1 Å². The van der Waals surface area contributed by atoms with Gasteiger partial charge in [-0.1, -0.05) is 18.2 Å². The van der Waals surface area contributed by atoms with Crippen molar-refractivity contribution in [2.45, 2.75) is 6.10 Å². The van der Waals surface area contributed by atoms with Crippen LogP contribution in [-0.2, 0) is 9.53 Å². The molecule has 1 atom stereocenters. The number of fused-ring (bicyclic) bond motifs is 1. The van der Waals surface area contributed by atoms with Gasteiger partial charge in [0.05, 0.1) is 26.4 Å².